The minimum Gasteiger partial charge on any atom is -0.337 e. The van der Waals surface area contributed by atoms with Gasteiger partial charge in [-0.05, 0) is 37.3 Å². The molecule has 122 valence electrons. The molecule has 1 aliphatic rings. The summed E-state index contributed by atoms with van der Waals surface area (Å²) in [5.74, 6) is 1.23. The highest BCUT2D eigenvalue weighted by atomic mass is 35.5. The first-order chi connectivity index (χ1) is 10.9. The maximum Gasteiger partial charge on any atom is 0.265 e. The number of piperidine rings is 1. The van der Waals surface area contributed by atoms with Crippen molar-refractivity contribution >= 4 is 28.8 Å². The number of benzene rings is 1. The standard InChI is InChI=1S/C18H21ClN2OS/c1-11-7-12(2)10-21(9-11)18(22)16-13(3)20-17(23-16)14-5-4-6-15(19)8-14/h4-6,8,11-12H,7,9-10H2,1-3H3. The zero-order chi connectivity index (χ0) is 16.6. The molecule has 0 radical (unpaired) electrons. The summed E-state index contributed by atoms with van der Waals surface area (Å²) in [5, 5.41) is 1.54. The third kappa shape index (κ3) is 3.59. The Labute approximate surface area is 146 Å². The number of likely N-dealkylation sites (tertiary alicyclic amines) is 1. The third-order valence-corrected chi connectivity index (χ3v) is 5.65. The van der Waals surface area contributed by atoms with Crippen LogP contribution < -0.4 is 0 Å². The Bertz CT molecular complexity index is 718. The topological polar surface area (TPSA) is 33.2 Å². The van der Waals surface area contributed by atoms with E-state index in [2.05, 4.69) is 18.8 Å². The molecule has 0 spiro atoms. The van der Waals surface area contributed by atoms with Crippen LogP contribution in [-0.4, -0.2) is 28.9 Å². The van der Waals surface area contributed by atoms with Crippen molar-refractivity contribution in [2.45, 2.75) is 27.2 Å². The van der Waals surface area contributed by atoms with Gasteiger partial charge in [0.1, 0.15) is 9.88 Å². The number of carbonyl (C=O) groups excluding carboxylic acids is 1. The van der Waals surface area contributed by atoms with Crippen molar-refractivity contribution in [3.8, 4) is 10.6 Å². The minimum atomic E-state index is 0.117. The Morgan fingerprint density at radius 1 is 1.30 bits per heavy atom. The van der Waals surface area contributed by atoms with Crippen LogP contribution in [-0.2, 0) is 0 Å². The molecule has 2 aromatic rings. The van der Waals surface area contributed by atoms with Gasteiger partial charge < -0.3 is 4.90 Å². The number of amides is 1. The normalized spacial score (nSPS) is 21.5. The van der Waals surface area contributed by atoms with Crippen molar-refractivity contribution < 1.29 is 4.79 Å². The van der Waals surface area contributed by atoms with Gasteiger partial charge in [0.15, 0.2) is 0 Å². The highest BCUT2D eigenvalue weighted by Gasteiger charge is 2.28. The molecule has 2 heterocycles. The molecule has 1 amide bonds. The van der Waals surface area contributed by atoms with Crippen LogP contribution in [0.5, 0.6) is 0 Å². The molecule has 1 saturated heterocycles. The first-order valence-corrected chi connectivity index (χ1v) is 9.16. The molecule has 1 aromatic heterocycles. The van der Waals surface area contributed by atoms with E-state index in [1.54, 1.807) is 0 Å². The van der Waals surface area contributed by atoms with Crippen LogP contribution in [0.25, 0.3) is 10.6 Å². The Morgan fingerprint density at radius 3 is 2.65 bits per heavy atom. The van der Waals surface area contributed by atoms with Crippen molar-refractivity contribution in [3.05, 3.63) is 39.9 Å². The zero-order valence-electron chi connectivity index (χ0n) is 13.7. The summed E-state index contributed by atoms with van der Waals surface area (Å²) < 4.78 is 0. The number of aromatic nitrogens is 1. The largest absolute Gasteiger partial charge is 0.337 e. The second-order valence-electron chi connectivity index (χ2n) is 6.60. The summed E-state index contributed by atoms with van der Waals surface area (Å²) in [6, 6.07) is 7.61. The van der Waals surface area contributed by atoms with E-state index in [0.717, 1.165) is 34.2 Å². The fourth-order valence-corrected chi connectivity index (χ4v) is 4.53. The predicted octanol–water partition coefficient (Wildman–Crippen LogP) is 4.89. The lowest BCUT2D eigenvalue weighted by atomic mass is 9.92. The van der Waals surface area contributed by atoms with Crippen molar-refractivity contribution in [3.63, 3.8) is 0 Å². The zero-order valence-corrected chi connectivity index (χ0v) is 15.2. The molecule has 3 rings (SSSR count). The van der Waals surface area contributed by atoms with Crippen LogP contribution >= 0.6 is 22.9 Å². The van der Waals surface area contributed by atoms with Crippen LogP contribution in [0.3, 0.4) is 0 Å². The first kappa shape index (κ1) is 16.5. The van der Waals surface area contributed by atoms with Gasteiger partial charge in [0.05, 0.1) is 5.69 Å². The number of carbonyl (C=O) groups is 1. The van der Waals surface area contributed by atoms with E-state index in [1.165, 1.54) is 17.8 Å². The molecular formula is C18H21ClN2OS. The predicted molar refractivity (Wildman–Crippen MR) is 96.1 cm³/mol. The van der Waals surface area contributed by atoms with Gasteiger partial charge in [-0.1, -0.05) is 37.6 Å². The number of hydrogen-bond acceptors (Lipinski definition) is 3. The van der Waals surface area contributed by atoms with Gasteiger partial charge in [0.25, 0.3) is 5.91 Å². The lowest BCUT2D eigenvalue weighted by molar-refractivity contribution is 0.0627. The van der Waals surface area contributed by atoms with Crippen LogP contribution in [0, 0.1) is 18.8 Å². The third-order valence-electron chi connectivity index (χ3n) is 4.22. The summed E-state index contributed by atoms with van der Waals surface area (Å²) in [6.07, 6.45) is 1.19. The summed E-state index contributed by atoms with van der Waals surface area (Å²) in [4.78, 5) is 20.2. The maximum absolute atomic E-state index is 12.9. The number of thiazole rings is 1. The Balaban J connectivity index is 1.87. The molecule has 1 fully saturated rings. The lowest BCUT2D eigenvalue weighted by Gasteiger charge is -2.34. The summed E-state index contributed by atoms with van der Waals surface area (Å²) >= 11 is 7.52. The molecular weight excluding hydrogens is 328 g/mol. The van der Waals surface area contributed by atoms with Gasteiger partial charge in [-0.2, -0.15) is 0 Å². The molecule has 1 aromatic carbocycles. The van der Waals surface area contributed by atoms with Crippen LogP contribution in [0.1, 0.15) is 35.6 Å². The van der Waals surface area contributed by atoms with Crippen molar-refractivity contribution in [1.82, 2.24) is 9.88 Å². The number of halogens is 1. The number of hydrogen-bond donors (Lipinski definition) is 0. The second kappa shape index (κ2) is 6.62. The van der Waals surface area contributed by atoms with Gasteiger partial charge in [-0.3, -0.25) is 4.79 Å². The average molecular weight is 349 g/mol. The van der Waals surface area contributed by atoms with Gasteiger partial charge in [0, 0.05) is 23.7 Å². The van der Waals surface area contributed by atoms with E-state index in [0.29, 0.717) is 16.9 Å². The summed E-state index contributed by atoms with van der Waals surface area (Å²) in [7, 11) is 0. The van der Waals surface area contributed by atoms with Gasteiger partial charge in [-0.25, -0.2) is 4.98 Å². The van der Waals surface area contributed by atoms with Crippen LogP contribution in [0.15, 0.2) is 24.3 Å². The van der Waals surface area contributed by atoms with Crippen LogP contribution in [0.4, 0.5) is 0 Å². The molecule has 3 nitrogen and oxygen atoms in total. The number of rotatable bonds is 2. The SMILES string of the molecule is Cc1nc(-c2cccc(Cl)c2)sc1C(=O)N1CC(C)CC(C)C1. The van der Waals surface area contributed by atoms with E-state index in [-0.39, 0.29) is 5.91 Å². The van der Waals surface area contributed by atoms with Crippen molar-refractivity contribution in [1.29, 1.82) is 0 Å². The summed E-state index contributed by atoms with van der Waals surface area (Å²) in [6.45, 7) is 8.02. The fourth-order valence-electron chi connectivity index (χ4n) is 3.31. The van der Waals surface area contributed by atoms with Crippen LogP contribution in [0.2, 0.25) is 5.02 Å². The molecule has 1 aliphatic heterocycles. The minimum absolute atomic E-state index is 0.117. The lowest BCUT2D eigenvalue weighted by Crippen LogP contribution is -2.42. The second-order valence-corrected chi connectivity index (χ2v) is 8.04. The van der Waals surface area contributed by atoms with Gasteiger partial charge >= 0.3 is 0 Å². The average Bonchev–Trinajstić information content (AvgIpc) is 2.87. The van der Waals surface area contributed by atoms with Crippen molar-refractivity contribution in [2.24, 2.45) is 11.8 Å². The number of aryl methyl sites for hydroxylation is 1. The monoisotopic (exact) mass is 348 g/mol. The smallest absolute Gasteiger partial charge is 0.265 e. The Kier molecular flexibility index (Phi) is 4.74. The van der Waals surface area contributed by atoms with E-state index >= 15 is 0 Å². The van der Waals surface area contributed by atoms with Gasteiger partial charge in [-0.15, -0.1) is 11.3 Å². The molecule has 5 heteroatoms. The summed E-state index contributed by atoms with van der Waals surface area (Å²) in [5.41, 5.74) is 1.77. The van der Waals surface area contributed by atoms with E-state index in [9.17, 15) is 4.79 Å². The Hall–Kier alpha value is -1.39. The quantitative estimate of drug-likeness (QED) is 0.774. The highest BCUT2D eigenvalue weighted by Crippen LogP contribution is 2.31. The van der Waals surface area contributed by atoms with E-state index < -0.39 is 0 Å². The highest BCUT2D eigenvalue weighted by molar-refractivity contribution is 7.17. The van der Waals surface area contributed by atoms with Crippen molar-refractivity contribution in [2.75, 3.05) is 13.1 Å². The maximum atomic E-state index is 12.9. The van der Waals surface area contributed by atoms with E-state index in [4.69, 9.17) is 11.6 Å². The number of nitrogens with zero attached hydrogens (tertiary/aromatic N) is 2. The molecule has 0 aliphatic carbocycles. The fraction of sp³-hybridized carbons (Fsp3) is 0.444. The van der Waals surface area contributed by atoms with E-state index in [1.807, 2.05) is 36.1 Å². The molecule has 23 heavy (non-hydrogen) atoms. The Morgan fingerprint density at radius 2 is 2.00 bits per heavy atom. The van der Waals surface area contributed by atoms with Gasteiger partial charge in [0.2, 0.25) is 0 Å². The molecule has 0 saturated carbocycles. The molecule has 0 bridgehead atoms. The molecule has 2 unspecified atom stereocenters. The first-order valence-electron chi connectivity index (χ1n) is 7.96. The molecule has 2 atom stereocenters. The molecule has 0 N–H and O–H groups in total.